The Morgan fingerprint density at radius 2 is 1.70 bits per heavy atom. The molecular formula is C23H21BrN2O4. The highest BCUT2D eigenvalue weighted by Crippen LogP contribution is 2.28. The number of benzene rings is 3. The minimum atomic E-state index is -0.376. The molecule has 3 rings (SSSR count). The molecule has 0 fully saturated rings. The first-order valence-electron chi connectivity index (χ1n) is 9.12. The van der Waals surface area contributed by atoms with E-state index in [1.807, 2.05) is 42.5 Å². The van der Waals surface area contributed by atoms with Gasteiger partial charge in [0.05, 0.1) is 26.0 Å². The normalized spacial score (nSPS) is 10.6. The van der Waals surface area contributed by atoms with E-state index in [9.17, 15) is 4.79 Å². The summed E-state index contributed by atoms with van der Waals surface area (Å²) in [5.74, 6) is 1.29. The van der Waals surface area contributed by atoms with E-state index in [-0.39, 0.29) is 5.91 Å². The fourth-order valence-electron chi connectivity index (χ4n) is 2.70. The number of carbonyl (C=O) groups is 1. The molecule has 0 heterocycles. The molecule has 0 aliphatic rings. The highest BCUT2D eigenvalue weighted by molar-refractivity contribution is 9.10. The summed E-state index contributed by atoms with van der Waals surface area (Å²) in [6.45, 7) is 0.440. The molecule has 3 aromatic carbocycles. The van der Waals surface area contributed by atoms with E-state index in [1.165, 1.54) is 13.3 Å². The van der Waals surface area contributed by atoms with Crippen molar-refractivity contribution < 1.29 is 19.0 Å². The third-order valence-corrected chi connectivity index (χ3v) is 4.70. The van der Waals surface area contributed by atoms with Crippen LogP contribution in [0.15, 0.2) is 76.3 Å². The Hall–Kier alpha value is -3.32. The molecule has 0 spiro atoms. The molecule has 0 atom stereocenters. The quantitative estimate of drug-likeness (QED) is 0.380. The number of halogens is 1. The first-order chi connectivity index (χ1) is 14.6. The summed E-state index contributed by atoms with van der Waals surface area (Å²) in [7, 11) is 3.09. The molecule has 0 unspecified atom stereocenters. The zero-order chi connectivity index (χ0) is 21.3. The van der Waals surface area contributed by atoms with Crippen molar-refractivity contribution in [3.8, 4) is 17.2 Å². The topological polar surface area (TPSA) is 69.2 Å². The monoisotopic (exact) mass is 468 g/mol. The molecule has 6 nitrogen and oxygen atoms in total. The van der Waals surface area contributed by atoms with Crippen LogP contribution in [0.5, 0.6) is 17.2 Å². The summed E-state index contributed by atoms with van der Waals surface area (Å²) in [6.07, 6.45) is 1.53. The third kappa shape index (κ3) is 5.61. The molecule has 154 valence electrons. The van der Waals surface area contributed by atoms with E-state index in [1.54, 1.807) is 31.4 Å². The Labute approximate surface area is 183 Å². The van der Waals surface area contributed by atoms with Crippen LogP contribution in [0.4, 0.5) is 0 Å². The van der Waals surface area contributed by atoms with Gasteiger partial charge in [-0.3, -0.25) is 4.79 Å². The summed E-state index contributed by atoms with van der Waals surface area (Å²) in [4.78, 5) is 12.4. The Balaban J connectivity index is 1.65. The number of hydrazone groups is 1. The van der Waals surface area contributed by atoms with Gasteiger partial charge in [-0.15, -0.1) is 0 Å². The SMILES string of the molecule is COc1cc(C=NNC(=O)c2cc(Br)ccc2OC)ccc1OCc1ccccc1. The molecule has 0 bridgehead atoms. The van der Waals surface area contributed by atoms with E-state index in [2.05, 4.69) is 26.5 Å². The Kier molecular flexibility index (Phi) is 7.45. The predicted octanol–water partition coefficient (Wildman–Crippen LogP) is 4.81. The molecule has 1 N–H and O–H groups in total. The van der Waals surface area contributed by atoms with Crippen LogP contribution in [0.25, 0.3) is 0 Å². The second-order valence-electron chi connectivity index (χ2n) is 6.23. The second-order valence-corrected chi connectivity index (χ2v) is 7.14. The lowest BCUT2D eigenvalue weighted by molar-refractivity contribution is 0.0952. The summed E-state index contributed by atoms with van der Waals surface area (Å²) in [5.41, 5.74) is 4.70. The molecular weight excluding hydrogens is 448 g/mol. The molecule has 0 aliphatic heterocycles. The van der Waals surface area contributed by atoms with Gasteiger partial charge in [0.15, 0.2) is 11.5 Å². The van der Waals surface area contributed by atoms with E-state index in [4.69, 9.17) is 14.2 Å². The van der Waals surface area contributed by atoms with Crippen LogP contribution in [0, 0.1) is 0 Å². The van der Waals surface area contributed by atoms with Crippen LogP contribution in [-0.2, 0) is 6.61 Å². The lowest BCUT2D eigenvalue weighted by Crippen LogP contribution is -2.18. The van der Waals surface area contributed by atoms with Crippen molar-refractivity contribution in [3.63, 3.8) is 0 Å². The number of hydrogen-bond acceptors (Lipinski definition) is 5. The first kappa shape index (κ1) is 21.4. The number of nitrogens with zero attached hydrogens (tertiary/aromatic N) is 1. The van der Waals surface area contributed by atoms with Crippen LogP contribution in [-0.4, -0.2) is 26.3 Å². The number of amides is 1. The van der Waals surface area contributed by atoms with Gasteiger partial charge in [0.1, 0.15) is 12.4 Å². The Morgan fingerprint density at radius 3 is 2.43 bits per heavy atom. The molecule has 0 saturated carbocycles. The van der Waals surface area contributed by atoms with Crippen molar-refractivity contribution in [2.24, 2.45) is 5.10 Å². The predicted molar refractivity (Wildman–Crippen MR) is 120 cm³/mol. The summed E-state index contributed by atoms with van der Waals surface area (Å²) in [6, 6.07) is 20.5. The number of carbonyl (C=O) groups excluding carboxylic acids is 1. The van der Waals surface area contributed by atoms with E-state index in [0.29, 0.717) is 29.4 Å². The lowest BCUT2D eigenvalue weighted by Gasteiger charge is -2.11. The van der Waals surface area contributed by atoms with E-state index in [0.717, 1.165) is 15.6 Å². The van der Waals surface area contributed by atoms with Crippen LogP contribution < -0.4 is 19.6 Å². The second kappa shape index (κ2) is 10.5. The van der Waals surface area contributed by atoms with E-state index < -0.39 is 0 Å². The maximum Gasteiger partial charge on any atom is 0.275 e. The van der Waals surface area contributed by atoms with Gasteiger partial charge >= 0.3 is 0 Å². The standard InChI is InChI=1S/C23H21BrN2O4/c1-28-20-11-9-18(24)13-19(20)23(27)26-25-14-17-8-10-21(22(12-17)29-2)30-15-16-6-4-3-5-7-16/h3-14H,15H2,1-2H3,(H,26,27). The first-order valence-corrected chi connectivity index (χ1v) is 9.91. The fraction of sp³-hybridized carbons (Fsp3) is 0.130. The lowest BCUT2D eigenvalue weighted by atomic mass is 10.2. The molecule has 0 saturated heterocycles. The number of methoxy groups -OCH3 is 2. The average molecular weight is 469 g/mol. The van der Waals surface area contributed by atoms with Crippen molar-refractivity contribution >= 4 is 28.1 Å². The summed E-state index contributed by atoms with van der Waals surface area (Å²) < 4.78 is 17.3. The molecule has 30 heavy (non-hydrogen) atoms. The molecule has 1 amide bonds. The van der Waals surface area contributed by atoms with Crippen LogP contribution in [0.1, 0.15) is 21.5 Å². The number of ether oxygens (including phenoxy) is 3. The van der Waals surface area contributed by atoms with Crippen LogP contribution in [0.2, 0.25) is 0 Å². The highest BCUT2D eigenvalue weighted by Gasteiger charge is 2.12. The third-order valence-electron chi connectivity index (χ3n) is 4.21. The van der Waals surface area contributed by atoms with Gasteiger partial charge in [0.25, 0.3) is 5.91 Å². The van der Waals surface area contributed by atoms with Crippen molar-refractivity contribution in [2.45, 2.75) is 6.61 Å². The van der Waals surface area contributed by atoms with Crippen LogP contribution in [0.3, 0.4) is 0 Å². The van der Waals surface area contributed by atoms with Crippen LogP contribution >= 0.6 is 15.9 Å². The summed E-state index contributed by atoms with van der Waals surface area (Å²) >= 11 is 3.35. The van der Waals surface area contributed by atoms with Crippen molar-refractivity contribution in [3.05, 3.63) is 87.9 Å². The van der Waals surface area contributed by atoms with Crippen molar-refractivity contribution in [1.82, 2.24) is 5.43 Å². The van der Waals surface area contributed by atoms with Gasteiger partial charge in [-0.1, -0.05) is 46.3 Å². The van der Waals surface area contributed by atoms with Gasteiger partial charge in [-0.25, -0.2) is 5.43 Å². The molecule has 0 radical (unpaired) electrons. The minimum absolute atomic E-state index is 0.376. The molecule has 3 aromatic rings. The largest absolute Gasteiger partial charge is 0.496 e. The summed E-state index contributed by atoms with van der Waals surface area (Å²) in [5, 5.41) is 4.03. The number of hydrogen-bond donors (Lipinski definition) is 1. The zero-order valence-corrected chi connectivity index (χ0v) is 18.2. The number of nitrogens with one attached hydrogen (secondary N) is 1. The molecule has 0 aromatic heterocycles. The number of rotatable bonds is 8. The minimum Gasteiger partial charge on any atom is -0.496 e. The van der Waals surface area contributed by atoms with Gasteiger partial charge in [0.2, 0.25) is 0 Å². The van der Waals surface area contributed by atoms with Crippen molar-refractivity contribution in [2.75, 3.05) is 14.2 Å². The maximum atomic E-state index is 12.4. The fourth-order valence-corrected chi connectivity index (χ4v) is 3.06. The van der Waals surface area contributed by atoms with Gasteiger partial charge in [-0.2, -0.15) is 5.10 Å². The van der Waals surface area contributed by atoms with Gasteiger partial charge < -0.3 is 14.2 Å². The van der Waals surface area contributed by atoms with Crippen molar-refractivity contribution in [1.29, 1.82) is 0 Å². The van der Waals surface area contributed by atoms with E-state index >= 15 is 0 Å². The molecule has 7 heteroatoms. The van der Waals surface area contributed by atoms with Gasteiger partial charge in [-0.05, 0) is 47.5 Å². The van der Waals surface area contributed by atoms with Gasteiger partial charge in [0, 0.05) is 4.47 Å². The highest BCUT2D eigenvalue weighted by atomic mass is 79.9. The Morgan fingerprint density at radius 1 is 0.967 bits per heavy atom. The zero-order valence-electron chi connectivity index (χ0n) is 16.6. The Bertz CT molecular complexity index is 1040. The average Bonchev–Trinajstić information content (AvgIpc) is 2.78. The maximum absolute atomic E-state index is 12.4. The smallest absolute Gasteiger partial charge is 0.275 e. The molecule has 0 aliphatic carbocycles.